The first-order valence-corrected chi connectivity index (χ1v) is 11.1. The molecule has 2 heterocycles. The Hall–Kier alpha value is -3.27. The molecule has 1 unspecified atom stereocenters. The van der Waals surface area contributed by atoms with Crippen molar-refractivity contribution in [3.63, 3.8) is 0 Å². The van der Waals surface area contributed by atoms with Gasteiger partial charge in [0.15, 0.2) is 0 Å². The van der Waals surface area contributed by atoms with Gasteiger partial charge in [-0.1, -0.05) is 6.07 Å². The maximum atomic E-state index is 12.5. The second kappa shape index (κ2) is 10.8. The van der Waals surface area contributed by atoms with Crippen molar-refractivity contribution in [3.05, 3.63) is 35.5 Å². The molecule has 0 aliphatic carbocycles. The highest BCUT2D eigenvalue weighted by atomic mass is 16.6. The van der Waals surface area contributed by atoms with E-state index in [0.29, 0.717) is 24.5 Å². The summed E-state index contributed by atoms with van der Waals surface area (Å²) in [7, 11) is 2.49. The van der Waals surface area contributed by atoms with E-state index in [-0.39, 0.29) is 36.8 Å². The zero-order chi connectivity index (χ0) is 24.9. The molecule has 0 aromatic heterocycles. The number of carbonyl (C=O) groups is 3. The highest BCUT2D eigenvalue weighted by Crippen LogP contribution is 2.30. The van der Waals surface area contributed by atoms with E-state index in [2.05, 4.69) is 0 Å². The third-order valence-corrected chi connectivity index (χ3v) is 5.29. The van der Waals surface area contributed by atoms with E-state index in [1.165, 1.54) is 14.2 Å². The molecule has 0 N–H and O–H groups in total. The molecule has 2 aliphatic heterocycles. The maximum Gasteiger partial charge on any atom is 0.410 e. The van der Waals surface area contributed by atoms with Crippen LogP contribution < -0.4 is 9.64 Å². The van der Waals surface area contributed by atoms with Crippen molar-refractivity contribution in [2.24, 2.45) is 0 Å². The largest absolute Gasteiger partial charge is 0.489 e. The summed E-state index contributed by atoms with van der Waals surface area (Å²) in [5.41, 5.74) is 0.154. The summed E-state index contributed by atoms with van der Waals surface area (Å²) in [6.07, 6.45) is 1.01. The van der Waals surface area contributed by atoms with Crippen molar-refractivity contribution >= 4 is 23.7 Å². The molecule has 0 saturated carbocycles. The lowest BCUT2D eigenvalue weighted by atomic mass is 10.1. The van der Waals surface area contributed by atoms with Crippen LogP contribution in [0.25, 0.3) is 0 Å². The lowest BCUT2D eigenvalue weighted by Gasteiger charge is -2.34. The quantitative estimate of drug-likeness (QED) is 0.469. The molecule has 0 spiro atoms. The normalized spacial score (nSPS) is 18.9. The smallest absolute Gasteiger partial charge is 0.410 e. The van der Waals surface area contributed by atoms with E-state index >= 15 is 0 Å². The first kappa shape index (κ1) is 25.4. The fourth-order valence-electron chi connectivity index (χ4n) is 3.79. The Morgan fingerprint density at radius 3 is 2.50 bits per heavy atom. The fourth-order valence-corrected chi connectivity index (χ4v) is 3.79. The summed E-state index contributed by atoms with van der Waals surface area (Å²) in [4.78, 5) is 40.4. The number of methoxy groups -OCH3 is 2. The van der Waals surface area contributed by atoms with Crippen LogP contribution in [0.1, 0.15) is 33.6 Å². The number of anilines is 1. The maximum absolute atomic E-state index is 12.5. The molecule has 1 fully saturated rings. The molecule has 34 heavy (non-hydrogen) atoms. The predicted octanol–water partition coefficient (Wildman–Crippen LogP) is 2.86. The van der Waals surface area contributed by atoms with Gasteiger partial charge in [0.25, 0.3) is 0 Å². The molecule has 1 saturated heterocycles. The molecule has 1 amide bonds. The summed E-state index contributed by atoms with van der Waals surface area (Å²) < 4.78 is 26.9. The minimum atomic E-state index is -0.671. The standard InChI is InChI=1S/C24H32N2O8/c1-24(2,3)34-23(29)25-11-7-10-18(13-25)33-17-9-6-8-16(12-17)26-15-32-14-19(21(27)30-4)20(26)22(28)31-5/h6,8-9,12,18H,7,10-11,13-15H2,1-5H3. The molecule has 0 radical (unpaired) electrons. The van der Waals surface area contributed by atoms with Gasteiger partial charge in [-0.05, 0) is 45.7 Å². The van der Waals surface area contributed by atoms with Crippen molar-refractivity contribution in [1.29, 1.82) is 0 Å². The van der Waals surface area contributed by atoms with E-state index in [1.807, 2.05) is 20.8 Å². The fraction of sp³-hybridized carbons (Fsp3) is 0.542. The third-order valence-electron chi connectivity index (χ3n) is 5.29. The number of hydrogen-bond acceptors (Lipinski definition) is 9. The zero-order valence-electron chi connectivity index (χ0n) is 20.3. The number of likely N-dealkylation sites (tertiary alicyclic amines) is 1. The van der Waals surface area contributed by atoms with Crippen LogP contribution in [0.3, 0.4) is 0 Å². The highest BCUT2D eigenvalue weighted by Gasteiger charge is 2.33. The number of amides is 1. The summed E-state index contributed by atoms with van der Waals surface area (Å²) in [5.74, 6) is -0.778. The molecule has 1 atom stereocenters. The van der Waals surface area contributed by atoms with Crippen LogP contribution in [-0.4, -0.2) is 75.3 Å². The van der Waals surface area contributed by atoms with Crippen molar-refractivity contribution < 1.29 is 38.1 Å². The number of rotatable bonds is 5. The minimum absolute atomic E-state index is 0.0459. The minimum Gasteiger partial charge on any atom is -0.489 e. The summed E-state index contributed by atoms with van der Waals surface area (Å²) >= 11 is 0. The molecule has 10 heteroatoms. The Labute approximate surface area is 199 Å². The summed E-state index contributed by atoms with van der Waals surface area (Å²) in [6.45, 7) is 6.51. The number of nitrogens with zero attached hydrogens (tertiary/aromatic N) is 2. The first-order chi connectivity index (χ1) is 16.1. The van der Waals surface area contributed by atoms with Crippen molar-refractivity contribution in [2.75, 3.05) is 45.5 Å². The van der Waals surface area contributed by atoms with Crippen LogP contribution in [-0.2, 0) is 28.5 Å². The average molecular weight is 477 g/mol. The average Bonchev–Trinajstić information content (AvgIpc) is 2.81. The molecular weight excluding hydrogens is 444 g/mol. The van der Waals surface area contributed by atoms with Gasteiger partial charge in [0.05, 0.1) is 32.9 Å². The van der Waals surface area contributed by atoms with Crippen LogP contribution in [0.15, 0.2) is 35.5 Å². The van der Waals surface area contributed by atoms with Crippen LogP contribution >= 0.6 is 0 Å². The van der Waals surface area contributed by atoms with Gasteiger partial charge >= 0.3 is 18.0 Å². The molecular formula is C24H32N2O8. The van der Waals surface area contributed by atoms with Crippen molar-refractivity contribution in [3.8, 4) is 5.75 Å². The van der Waals surface area contributed by atoms with E-state index in [0.717, 1.165) is 12.8 Å². The van der Waals surface area contributed by atoms with E-state index in [4.69, 9.17) is 23.7 Å². The molecule has 1 aromatic rings. The molecule has 1 aromatic carbocycles. The first-order valence-electron chi connectivity index (χ1n) is 11.1. The van der Waals surface area contributed by atoms with Crippen LogP contribution in [0.5, 0.6) is 5.75 Å². The Balaban J connectivity index is 1.78. The number of hydrogen-bond donors (Lipinski definition) is 0. The lowest BCUT2D eigenvalue weighted by molar-refractivity contribution is -0.140. The number of piperidine rings is 1. The highest BCUT2D eigenvalue weighted by molar-refractivity contribution is 6.03. The van der Waals surface area contributed by atoms with E-state index < -0.39 is 17.5 Å². The monoisotopic (exact) mass is 476 g/mol. The van der Waals surface area contributed by atoms with E-state index in [9.17, 15) is 14.4 Å². The number of ether oxygens (including phenoxy) is 5. The van der Waals surface area contributed by atoms with Gasteiger partial charge in [0, 0.05) is 18.3 Å². The Morgan fingerprint density at radius 1 is 1.09 bits per heavy atom. The van der Waals surface area contributed by atoms with Crippen molar-refractivity contribution in [1.82, 2.24) is 4.90 Å². The Kier molecular flexibility index (Phi) is 8.03. The predicted molar refractivity (Wildman–Crippen MR) is 122 cm³/mol. The Bertz CT molecular complexity index is 953. The summed E-state index contributed by atoms with van der Waals surface area (Å²) in [6, 6.07) is 7.09. The molecule has 2 aliphatic rings. The number of carbonyl (C=O) groups excluding carboxylic acids is 3. The number of esters is 2. The van der Waals surface area contributed by atoms with Gasteiger partial charge in [0.2, 0.25) is 0 Å². The van der Waals surface area contributed by atoms with Gasteiger partial charge in [-0.15, -0.1) is 0 Å². The SMILES string of the molecule is COC(=O)C1=C(C(=O)OC)N(c2cccc(OC3CCCN(C(=O)OC(C)(C)C)C3)c2)COC1. The zero-order valence-corrected chi connectivity index (χ0v) is 20.3. The molecule has 10 nitrogen and oxygen atoms in total. The second-order valence-electron chi connectivity index (χ2n) is 9.02. The lowest BCUT2D eigenvalue weighted by Crippen LogP contribution is -2.46. The summed E-state index contributed by atoms with van der Waals surface area (Å²) in [5, 5.41) is 0. The second-order valence-corrected chi connectivity index (χ2v) is 9.02. The van der Waals surface area contributed by atoms with Gasteiger partial charge in [-0.3, -0.25) is 0 Å². The van der Waals surface area contributed by atoms with Crippen molar-refractivity contribution in [2.45, 2.75) is 45.3 Å². The third kappa shape index (κ3) is 6.19. The van der Waals surface area contributed by atoms with Gasteiger partial charge < -0.3 is 33.5 Å². The van der Waals surface area contributed by atoms with Gasteiger partial charge in [-0.25, -0.2) is 14.4 Å². The number of benzene rings is 1. The van der Waals surface area contributed by atoms with E-state index in [1.54, 1.807) is 34.1 Å². The van der Waals surface area contributed by atoms with Crippen LogP contribution in [0.2, 0.25) is 0 Å². The van der Waals surface area contributed by atoms with Gasteiger partial charge in [0.1, 0.15) is 29.9 Å². The van der Waals surface area contributed by atoms with Crippen LogP contribution in [0.4, 0.5) is 10.5 Å². The topological polar surface area (TPSA) is 104 Å². The molecule has 0 bridgehead atoms. The Morgan fingerprint density at radius 2 is 1.82 bits per heavy atom. The molecule has 186 valence electrons. The molecule has 3 rings (SSSR count). The van der Waals surface area contributed by atoms with Gasteiger partial charge in [-0.2, -0.15) is 0 Å². The van der Waals surface area contributed by atoms with Crippen LogP contribution in [0, 0.1) is 0 Å².